The van der Waals surface area contributed by atoms with Crippen LogP contribution in [0.4, 0.5) is 5.69 Å². The lowest BCUT2D eigenvalue weighted by Gasteiger charge is -2.18. The summed E-state index contributed by atoms with van der Waals surface area (Å²) in [6, 6.07) is 3.44. The molecule has 1 N–H and O–H groups in total. The quantitative estimate of drug-likeness (QED) is 0.431. The zero-order valence-electron chi connectivity index (χ0n) is 19.2. The molecule has 1 aliphatic heterocycles. The molecule has 0 aliphatic carbocycles. The fourth-order valence-corrected chi connectivity index (χ4v) is 5.21. The molecular formula is C21H29N5O6S. The molecule has 1 saturated heterocycles. The second kappa shape index (κ2) is 9.87. The van der Waals surface area contributed by atoms with Crippen molar-refractivity contribution in [3.05, 3.63) is 39.6 Å². The number of carbonyl (C=O) groups is 1. The van der Waals surface area contributed by atoms with E-state index in [0.717, 1.165) is 25.3 Å². The summed E-state index contributed by atoms with van der Waals surface area (Å²) >= 11 is 0. The third kappa shape index (κ3) is 5.01. The van der Waals surface area contributed by atoms with Crippen LogP contribution in [0.3, 0.4) is 0 Å². The molecule has 0 spiro atoms. The molecule has 1 fully saturated rings. The Balaban J connectivity index is 2.06. The van der Waals surface area contributed by atoms with Crippen molar-refractivity contribution in [3.63, 3.8) is 0 Å². The summed E-state index contributed by atoms with van der Waals surface area (Å²) < 4.78 is 35.3. The molecule has 180 valence electrons. The van der Waals surface area contributed by atoms with Gasteiger partial charge in [-0.2, -0.15) is 9.40 Å². The summed E-state index contributed by atoms with van der Waals surface area (Å²) in [7, 11) is -4.01. The Morgan fingerprint density at radius 2 is 1.97 bits per heavy atom. The molecule has 1 atom stereocenters. The van der Waals surface area contributed by atoms with Crippen LogP contribution in [0.15, 0.2) is 23.1 Å². The number of non-ortho nitro benzene ring substituents is 1. The lowest BCUT2D eigenvalue weighted by atomic mass is 10.2. The molecule has 3 rings (SSSR count). The molecule has 1 aromatic carbocycles. The van der Waals surface area contributed by atoms with E-state index in [1.807, 2.05) is 20.8 Å². The number of hydrogen-bond donors (Lipinski definition) is 1. The maximum absolute atomic E-state index is 13.3. The second-order valence-corrected chi connectivity index (χ2v) is 9.89. The van der Waals surface area contributed by atoms with Crippen molar-refractivity contribution in [2.75, 3.05) is 13.1 Å². The number of benzene rings is 1. The van der Waals surface area contributed by atoms with Crippen LogP contribution in [0.5, 0.6) is 11.6 Å². The van der Waals surface area contributed by atoms with E-state index in [9.17, 15) is 23.3 Å². The van der Waals surface area contributed by atoms with Crippen molar-refractivity contribution >= 4 is 21.6 Å². The van der Waals surface area contributed by atoms with Crippen LogP contribution >= 0.6 is 0 Å². The fourth-order valence-electron chi connectivity index (χ4n) is 3.56. The molecule has 1 aromatic heterocycles. The number of ether oxygens (including phenoxy) is 1. The average molecular weight is 480 g/mol. The summed E-state index contributed by atoms with van der Waals surface area (Å²) in [4.78, 5) is 23.1. The first-order valence-electron chi connectivity index (χ1n) is 10.9. The lowest BCUT2D eigenvalue weighted by Crippen LogP contribution is -2.32. The minimum absolute atomic E-state index is 0.0417. The molecule has 1 aliphatic rings. The molecule has 0 saturated carbocycles. The van der Waals surface area contributed by atoms with Crippen LogP contribution in [0, 0.1) is 17.0 Å². The molecular weight excluding hydrogens is 450 g/mol. The molecule has 12 heteroatoms. The van der Waals surface area contributed by atoms with E-state index in [4.69, 9.17) is 4.74 Å². The minimum Gasteiger partial charge on any atom is -0.438 e. The van der Waals surface area contributed by atoms with Gasteiger partial charge in [0.05, 0.1) is 4.92 Å². The number of hydrogen-bond acceptors (Lipinski definition) is 7. The minimum atomic E-state index is -4.01. The third-order valence-electron chi connectivity index (χ3n) is 5.66. The summed E-state index contributed by atoms with van der Waals surface area (Å²) in [5, 5.41) is 18.5. The largest absolute Gasteiger partial charge is 0.438 e. The van der Waals surface area contributed by atoms with Gasteiger partial charge in [-0.25, -0.2) is 13.1 Å². The van der Waals surface area contributed by atoms with Crippen LogP contribution in [-0.4, -0.2) is 52.5 Å². The van der Waals surface area contributed by atoms with Gasteiger partial charge < -0.3 is 10.1 Å². The Hall–Kier alpha value is -2.99. The zero-order valence-corrected chi connectivity index (χ0v) is 20.0. The van der Waals surface area contributed by atoms with Crippen LogP contribution < -0.4 is 10.1 Å². The highest BCUT2D eigenvalue weighted by Gasteiger charge is 2.33. The van der Waals surface area contributed by atoms with Crippen molar-refractivity contribution in [1.82, 2.24) is 19.4 Å². The van der Waals surface area contributed by atoms with E-state index >= 15 is 0 Å². The van der Waals surface area contributed by atoms with E-state index in [0.29, 0.717) is 25.2 Å². The first kappa shape index (κ1) is 24.6. The van der Waals surface area contributed by atoms with Crippen LogP contribution in [0.25, 0.3) is 0 Å². The summed E-state index contributed by atoms with van der Waals surface area (Å²) in [5.74, 6) is -0.204. The maximum atomic E-state index is 13.3. The van der Waals surface area contributed by atoms with Gasteiger partial charge in [0.2, 0.25) is 15.9 Å². The smallest absolute Gasteiger partial charge is 0.272 e. The summed E-state index contributed by atoms with van der Waals surface area (Å²) in [6.07, 6.45) is 2.20. The van der Waals surface area contributed by atoms with Gasteiger partial charge in [0.25, 0.3) is 11.6 Å². The van der Waals surface area contributed by atoms with Crippen LogP contribution in [-0.2, 0) is 16.6 Å². The number of sulfonamides is 1. The fraction of sp³-hybridized carbons (Fsp3) is 0.524. The Morgan fingerprint density at radius 3 is 2.55 bits per heavy atom. The SMILES string of the molecule is CC[C@H](C)NC(=O)c1nn(CC)c(Oc2ccc([N+](=O)[O-])cc2S(=O)(=O)N2CCCC2)c1C. The average Bonchev–Trinajstić information content (AvgIpc) is 3.43. The van der Waals surface area contributed by atoms with E-state index in [1.54, 1.807) is 6.92 Å². The van der Waals surface area contributed by atoms with Gasteiger partial charge >= 0.3 is 0 Å². The van der Waals surface area contributed by atoms with E-state index in [-0.39, 0.29) is 39.9 Å². The highest BCUT2D eigenvalue weighted by Crippen LogP contribution is 2.36. The number of carbonyl (C=O) groups excluding carboxylic acids is 1. The van der Waals surface area contributed by atoms with Crippen molar-refractivity contribution in [1.29, 1.82) is 0 Å². The summed E-state index contributed by atoms with van der Waals surface area (Å²) in [5.41, 5.74) is 0.271. The van der Waals surface area contributed by atoms with Gasteiger partial charge in [0.15, 0.2) is 5.69 Å². The monoisotopic (exact) mass is 479 g/mol. The van der Waals surface area contributed by atoms with Crippen molar-refractivity contribution in [2.24, 2.45) is 0 Å². The van der Waals surface area contributed by atoms with E-state index in [2.05, 4.69) is 10.4 Å². The number of nitro benzene ring substituents is 1. The number of amides is 1. The Morgan fingerprint density at radius 1 is 1.30 bits per heavy atom. The number of aryl methyl sites for hydroxylation is 1. The Kier molecular flexibility index (Phi) is 7.38. The van der Waals surface area contributed by atoms with Crippen molar-refractivity contribution in [2.45, 2.75) is 64.4 Å². The maximum Gasteiger partial charge on any atom is 0.272 e. The van der Waals surface area contributed by atoms with Gasteiger partial charge in [0, 0.05) is 43.4 Å². The predicted molar refractivity (Wildman–Crippen MR) is 121 cm³/mol. The molecule has 33 heavy (non-hydrogen) atoms. The normalized spacial score (nSPS) is 15.4. The number of rotatable bonds is 9. The summed E-state index contributed by atoms with van der Waals surface area (Å²) in [6.45, 7) is 8.37. The molecule has 11 nitrogen and oxygen atoms in total. The topological polar surface area (TPSA) is 137 Å². The second-order valence-electron chi connectivity index (χ2n) is 7.98. The number of nitrogens with one attached hydrogen (secondary N) is 1. The van der Waals surface area contributed by atoms with Gasteiger partial charge in [0.1, 0.15) is 10.6 Å². The first-order chi connectivity index (χ1) is 15.6. The first-order valence-corrected chi connectivity index (χ1v) is 12.4. The number of nitrogens with zero attached hydrogens (tertiary/aromatic N) is 4. The zero-order chi connectivity index (χ0) is 24.3. The molecule has 0 bridgehead atoms. The molecule has 2 aromatic rings. The van der Waals surface area contributed by atoms with Crippen molar-refractivity contribution < 1.29 is 22.9 Å². The van der Waals surface area contributed by atoms with E-state index in [1.165, 1.54) is 21.1 Å². The van der Waals surface area contributed by atoms with Crippen molar-refractivity contribution in [3.8, 4) is 11.6 Å². The van der Waals surface area contributed by atoms with E-state index < -0.39 is 14.9 Å². The van der Waals surface area contributed by atoms with Crippen LogP contribution in [0.2, 0.25) is 0 Å². The van der Waals surface area contributed by atoms with Gasteiger partial charge in [-0.05, 0) is 46.1 Å². The van der Waals surface area contributed by atoms with Gasteiger partial charge in [-0.15, -0.1) is 0 Å². The lowest BCUT2D eigenvalue weighted by molar-refractivity contribution is -0.385. The Labute approximate surface area is 192 Å². The van der Waals surface area contributed by atoms with Gasteiger partial charge in [-0.3, -0.25) is 14.9 Å². The Bertz CT molecular complexity index is 1150. The third-order valence-corrected chi connectivity index (χ3v) is 7.58. The number of aromatic nitrogens is 2. The molecule has 1 amide bonds. The molecule has 2 heterocycles. The highest BCUT2D eigenvalue weighted by atomic mass is 32.2. The predicted octanol–water partition coefficient (Wildman–Crippen LogP) is 3.22. The standard InChI is InChI=1S/C21H29N5O6S/c1-5-14(3)22-20(27)19-15(4)21(25(6-2)23-19)32-17-10-9-16(26(28)29)13-18(17)33(30,31)24-11-7-8-12-24/h9-10,13-14H,5-8,11-12H2,1-4H3,(H,22,27)/t14-/m0/s1. The molecule has 0 unspecified atom stereocenters. The van der Waals surface area contributed by atoms with Gasteiger partial charge in [-0.1, -0.05) is 6.92 Å². The van der Waals surface area contributed by atoms with Crippen LogP contribution in [0.1, 0.15) is 56.1 Å². The number of nitro groups is 1. The highest BCUT2D eigenvalue weighted by molar-refractivity contribution is 7.89. The molecule has 0 radical (unpaired) electrons.